The zero-order valence-electron chi connectivity index (χ0n) is 20.7. The molecule has 1 aliphatic heterocycles. The van der Waals surface area contributed by atoms with Gasteiger partial charge in [0.25, 0.3) is 11.8 Å². The summed E-state index contributed by atoms with van der Waals surface area (Å²) in [7, 11) is 3.23. The smallest absolute Gasteiger partial charge is 0.257 e. The van der Waals surface area contributed by atoms with Gasteiger partial charge < -0.3 is 24.6 Å². The molecule has 3 atom stereocenters. The van der Waals surface area contributed by atoms with Gasteiger partial charge in [0.05, 0.1) is 23.3 Å². The molecule has 0 unspecified atom stereocenters. The van der Waals surface area contributed by atoms with Gasteiger partial charge in [0.2, 0.25) is 5.91 Å². The number of halogens is 1. The number of fused-ring (bicyclic) bond motifs is 1. The van der Waals surface area contributed by atoms with Crippen molar-refractivity contribution in [2.24, 2.45) is 5.92 Å². The van der Waals surface area contributed by atoms with Crippen LogP contribution in [0.15, 0.2) is 42.5 Å². The number of amides is 3. The van der Waals surface area contributed by atoms with Gasteiger partial charge in [-0.25, -0.2) is 4.39 Å². The van der Waals surface area contributed by atoms with Gasteiger partial charge in [-0.15, -0.1) is 0 Å². The van der Waals surface area contributed by atoms with E-state index in [9.17, 15) is 18.8 Å². The third-order valence-corrected chi connectivity index (χ3v) is 6.13. The summed E-state index contributed by atoms with van der Waals surface area (Å²) in [6, 6.07) is 10.2. The fourth-order valence-electron chi connectivity index (χ4n) is 4.13. The molecule has 0 spiro atoms. The van der Waals surface area contributed by atoms with Crippen molar-refractivity contribution >= 4 is 23.4 Å². The van der Waals surface area contributed by atoms with E-state index < -0.39 is 17.8 Å². The SMILES string of the molecule is CO[C@H]1CN(C)C(=O)c2ccc(NC(C)=O)cc2OC[C@H](C)N(C(=O)c2ccccc2F)C[C@H]1C. The van der Waals surface area contributed by atoms with E-state index in [4.69, 9.17) is 9.47 Å². The normalized spacial score (nSPS) is 21.3. The van der Waals surface area contributed by atoms with Crippen molar-refractivity contribution in [1.29, 1.82) is 0 Å². The summed E-state index contributed by atoms with van der Waals surface area (Å²) < 4.78 is 26.2. The number of hydrogen-bond acceptors (Lipinski definition) is 5. The molecule has 1 heterocycles. The Morgan fingerprint density at radius 3 is 2.51 bits per heavy atom. The van der Waals surface area contributed by atoms with Gasteiger partial charge in [-0.05, 0) is 31.2 Å². The van der Waals surface area contributed by atoms with E-state index in [2.05, 4.69) is 5.32 Å². The van der Waals surface area contributed by atoms with Gasteiger partial charge in [0.15, 0.2) is 0 Å². The van der Waals surface area contributed by atoms with Gasteiger partial charge in [-0.1, -0.05) is 19.1 Å². The van der Waals surface area contributed by atoms with E-state index in [0.717, 1.165) is 0 Å². The van der Waals surface area contributed by atoms with E-state index in [-0.39, 0.29) is 54.8 Å². The van der Waals surface area contributed by atoms with Crippen molar-refractivity contribution in [2.45, 2.75) is 32.9 Å². The summed E-state index contributed by atoms with van der Waals surface area (Å²) in [6.07, 6.45) is -0.366. The van der Waals surface area contributed by atoms with Crippen LogP contribution in [0.25, 0.3) is 0 Å². The fraction of sp³-hybridized carbons (Fsp3) is 0.423. The van der Waals surface area contributed by atoms with E-state index >= 15 is 0 Å². The average Bonchev–Trinajstić information content (AvgIpc) is 2.82. The summed E-state index contributed by atoms with van der Waals surface area (Å²) in [4.78, 5) is 41.3. The predicted molar refractivity (Wildman–Crippen MR) is 130 cm³/mol. The van der Waals surface area contributed by atoms with Crippen molar-refractivity contribution in [3.05, 3.63) is 59.4 Å². The number of ether oxygens (including phenoxy) is 2. The van der Waals surface area contributed by atoms with Crippen LogP contribution in [-0.2, 0) is 9.53 Å². The van der Waals surface area contributed by atoms with Gasteiger partial charge in [0, 0.05) is 51.8 Å². The van der Waals surface area contributed by atoms with Crippen LogP contribution < -0.4 is 10.1 Å². The lowest BCUT2D eigenvalue weighted by atomic mass is 10.0. The number of nitrogens with one attached hydrogen (secondary N) is 1. The van der Waals surface area contributed by atoms with Crippen molar-refractivity contribution in [2.75, 3.05) is 39.2 Å². The Bertz CT molecular complexity index is 1090. The maximum absolute atomic E-state index is 14.5. The molecular formula is C26H32FN3O5. The summed E-state index contributed by atoms with van der Waals surface area (Å²) in [6.45, 7) is 5.74. The Kier molecular flexibility index (Phi) is 8.45. The first-order valence-corrected chi connectivity index (χ1v) is 11.5. The molecule has 2 aromatic rings. The number of carbonyl (C=O) groups is 3. The summed E-state index contributed by atoms with van der Waals surface area (Å²) in [5.41, 5.74) is 0.784. The molecule has 0 radical (unpaired) electrons. The Morgan fingerprint density at radius 2 is 1.86 bits per heavy atom. The summed E-state index contributed by atoms with van der Waals surface area (Å²) in [5.74, 6) is -1.43. The lowest BCUT2D eigenvalue weighted by molar-refractivity contribution is -0.114. The fourth-order valence-corrected chi connectivity index (χ4v) is 4.13. The number of carbonyl (C=O) groups excluding carboxylic acids is 3. The molecule has 3 amide bonds. The number of benzene rings is 2. The van der Waals surface area contributed by atoms with E-state index in [1.54, 1.807) is 48.2 Å². The highest BCUT2D eigenvalue weighted by atomic mass is 19.1. The lowest BCUT2D eigenvalue weighted by Crippen LogP contribution is -2.48. The highest BCUT2D eigenvalue weighted by molar-refractivity contribution is 5.98. The molecule has 0 fully saturated rings. The van der Waals surface area contributed by atoms with Gasteiger partial charge >= 0.3 is 0 Å². The van der Waals surface area contributed by atoms with Crippen LogP contribution >= 0.6 is 0 Å². The van der Waals surface area contributed by atoms with Gasteiger partial charge in [0.1, 0.15) is 18.2 Å². The number of hydrogen-bond donors (Lipinski definition) is 1. The topological polar surface area (TPSA) is 88.2 Å². The van der Waals surface area contributed by atoms with Crippen LogP contribution in [0.3, 0.4) is 0 Å². The first kappa shape index (κ1) is 26.2. The number of methoxy groups -OCH3 is 1. The molecule has 8 nitrogen and oxygen atoms in total. The largest absolute Gasteiger partial charge is 0.491 e. The van der Waals surface area contributed by atoms with Crippen LogP contribution in [-0.4, -0.2) is 73.5 Å². The van der Waals surface area contributed by atoms with Crippen LogP contribution in [0.5, 0.6) is 5.75 Å². The minimum Gasteiger partial charge on any atom is -0.491 e. The Morgan fingerprint density at radius 1 is 1.14 bits per heavy atom. The predicted octanol–water partition coefficient (Wildman–Crippen LogP) is 3.43. The third kappa shape index (κ3) is 6.16. The Balaban J connectivity index is 2.02. The number of likely N-dealkylation sites (N-methyl/N-ethyl adjacent to an activating group) is 1. The minimum atomic E-state index is -0.594. The van der Waals surface area contributed by atoms with E-state index in [1.165, 1.54) is 25.1 Å². The molecule has 0 saturated carbocycles. The van der Waals surface area contributed by atoms with E-state index in [0.29, 0.717) is 11.3 Å². The van der Waals surface area contributed by atoms with Crippen molar-refractivity contribution in [1.82, 2.24) is 9.80 Å². The Hall–Kier alpha value is -3.46. The monoisotopic (exact) mass is 485 g/mol. The molecule has 1 aliphatic rings. The lowest BCUT2D eigenvalue weighted by Gasteiger charge is -2.36. The highest BCUT2D eigenvalue weighted by Gasteiger charge is 2.31. The summed E-state index contributed by atoms with van der Waals surface area (Å²) in [5, 5.41) is 2.69. The van der Waals surface area contributed by atoms with Gasteiger partial charge in [-0.2, -0.15) is 0 Å². The van der Waals surface area contributed by atoms with Crippen molar-refractivity contribution in [3.63, 3.8) is 0 Å². The molecule has 2 aromatic carbocycles. The van der Waals surface area contributed by atoms with E-state index in [1.807, 2.05) is 13.8 Å². The summed E-state index contributed by atoms with van der Waals surface area (Å²) >= 11 is 0. The quantitative estimate of drug-likeness (QED) is 0.720. The zero-order valence-corrected chi connectivity index (χ0v) is 20.7. The average molecular weight is 486 g/mol. The standard InChI is InChI=1S/C26H32FN3O5/c1-16-13-30(26(33)20-8-6-7-9-22(20)27)17(2)15-35-23-12-19(28-18(3)31)10-11-21(23)25(32)29(4)14-24(16)34-5/h6-12,16-17,24H,13-15H2,1-5H3,(H,28,31)/t16-,17+,24+/m1/s1. The Labute approximate surface area is 205 Å². The molecule has 9 heteroatoms. The van der Waals surface area contributed by atoms with Crippen LogP contribution in [0.4, 0.5) is 10.1 Å². The molecule has 35 heavy (non-hydrogen) atoms. The molecule has 0 bridgehead atoms. The third-order valence-electron chi connectivity index (χ3n) is 6.13. The highest BCUT2D eigenvalue weighted by Crippen LogP contribution is 2.27. The molecule has 0 saturated heterocycles. The van der Waals surface area contributed by atoms with Crippen LogP contribution in [0.2, 0.25) is 0 Å². The maximum atomic E-state index is 14.5. The second-order valence-electron chi connectivity index (χ2n) is 8.93. The number of anilines is 1. The maximum Gasteiger partial charge on any atom is 0.257 e. The van der Waals surface area contributed by atoms with Crippen molar-refractivity contribution in [3.8, 4) is 5.75 Å². The molecule has 1 N–H and O–H groups in total. The molecule has 0 aromatic heterocycles. The molecule has 188 valence electrons. The zero-order chi connectivity index (χ0) is 25.7. The second-order valence-corrected chi connectivity index (χ2v) is 8.93. The first-order chi connectivity index (χ1) is 16.6. The number of rotatable bonds is 3. The van der Waals surface area contributed by atoms with Crippen LogP contribution in [0.1, 0.15) is 41.5 Å². The van der Waals surface area contributed by atoms with Gasteiger partial charge in [-0.3, -0.25) is 14.4 Å². The van der Waals surface area contributed by atoms with Crippen molar-refractivity contribution < 1.29 is 28.2 Å². The second kappa shape index (κ2) is 11.3. The molecular weight excluding hydrogens is 453 g/mol. The molecule has 3 rings (SSSR count). The van der Waals surface area contributed by atoms with Crippen LogP contribution in [0, 0.1) is 11.7 Å². The molecule has 0 aliphatic carbocycles. The minimum absolute atomic E-state index is 0.0201. The first-order valence-electron chi connectivity index (χ1n) is 11.5. The number of nitrogens with zero attached hydrogens (tertiary/aromatic N) is 2.